The van der Waals surface area contributed by atoms with E-state index in [0.29, 0.717) is 20.2 Å². The number of hydrogen-bond donors (Lipinski definition) is 2. The maximum absolute atomic E-state index is 12.2. The minimum absolute atomic E-state index is 0.0941. The zero-order valence-corrected chi connectivity index (χ0v) is 14.2. The lowest BCUT2D eigenvalue weighted by atomic mass is 10.2. The van der Waals surface area contributed by atoms with Crippen molar-refractivity contribution in [1.82, 2.24) is 0 Å². The summed E-state index contributed by atoms with van der Waals surface area (Å²) in [7, 11) is -2.26. The molecule has 1 heterocycles. The highest BCUT2D eigenvalue weighted by molar-refractivity contribution is 9.11. The van der Waals surface area contributed by atoms with Gasteiger partial charge in [-0.3, -0.25) is 4.72 Å². The molecular weight excluding hydrogens is 388 g/mol. The number of benzene rings is 1. The quantitative estimate of drug-likeness (QED) is 0.773. The van der Waals surface area contributed by atoms with Crippen molar-refractivity contribution in [3.8, 4) is 5.75 Å². The maximum Gasteiger partial charge on any atom is 0.271 e. The Morgan fingerprint density at radius 3 is 2.65 bits per heavy atom. The van der Waals surface area contributed by atoms with E-state index in [-0.39, 0.29) is 9.90 Å². The summed E-state index contributed by atoms with van der Waals surface area (Å²) in [6.45, 7) is 0. The fraction of sp³-hybridized carbons (Fsp3) is 0.0909. The molecular formula is C11H10BrClN2O3S2. The highest BCUT2D eigenvalue weighted by atomic mass is 79.9. The molecule has 1 aromatic heterocycles. The number of methoxy groups -OCH3 is 1. The molecule has 0 atom stereocenters. The average Bonchev–Trinajstić information content (AvgIpc) is 2.73. The Balaban J connectivity index is 2.37. The van der Waals surface area contributed by atoms with Crippen LogP contribution < -0.4 is 15.2 Å². The Hall–Kier alpha value is -0.960. The van der Waals surface area contributed by atoms with Crippen molar-refractivity contribution in [3.63, 3.8) is 0 Å². The first-order valence-electron chi connectivity index (χ1n) is 5.24. The van der Waals surface area contributed by atoms with Gasteiger partial charge in [-0.05, 0) is 34.1 Å². The molecule has 0 fully saturated rings. The van der Waals surface area contributed by atoms with E-state index in [9.17, 15) is 8.42 Å². The van der Waals surface area contributed by atoms with Gasteiger partial charge in [0.25, 0.3) is 10.0 Å². The first kappa shape index (κ1) is 15.4. The van der Waals surface area contributed by atoms with Gasteiger partial charge in [0.2, 0.25) is 0 Å². The van der Waals surface area contributed by atoms with Gasteiger partial charge in [-0.25, -0.2) is 8.42 Å². The van der Waals surface area contributed by atoms with Crippen LogP contribution in [0.15, 0.2) is 32.3 Å². The third-order valence-electron chi connectivity index (χ3n) is 2.39. The summed E-state index contributed by atoms with van der Waals surface area (Å²) >= 11 is 10.0. The number of ether oxygens (including phenoxy) is 1. The first-order chi connectivity index (χ1) is 9.33. The van der Waals surface area contributed by atoms with Gasteiger partial charge in [0, 0.05) is 6.07 Å². The number of rotatable bonds is 4. The minimum atomic E-state index is -3.74. The first-order valence-corrected chi connectivity index (χ1v) is 8.71. The molecule has 9 heteroatoms. The van der Waals surface area contributed by atoms with E-state index in [1.165, 1.54) is 19.2 Å². The van der Waals surface area contributed by atoms with Gasteiger partial charge in [0.1, 0.15) is 9.96 Å². The molecule has 0 aliphatic rings. The van der Waals surface area contributed by atoms with Gasteiger partial charge in [0.15, 0.2) is 0 Å². The SMILES string of the molecule is COc1ccc(N)c(NS(=O)(=O)c2cc(Cl)c(Br)s2)c1. The number of thiophene rings is 1. The van der Waals surface area contributed by atoms with E-state index < -0.39 is 10.0 Å². The molecule has 1 aromatic carbocycles. The zero-order valence-electron chi connectivity index (χ0n) is 10.2. The second-order valence-corrected chi connectivity index (χ2v) is 8.43. The van der Waals surface area contributed by atoms with Crippen LogP contribution in [0.1, 0.15) is 0 Å². The Morgan fingerprint density at radius 2 is 2.10 bits per heavy atom. The largest absolute Gasteiger partial charge is 0.497 e. The lowest BCUT2D eigenvalue weighted by Gasteiger charge is -2.10. The molecule has 0 saturated heterocycles. The number of nitrogens with two attached hydrogens (primary N) is 1. The second kappa shape index (κ2) is 5.80. The molecule has 0 spiro atoms. The highest BCUT2D eigenvalue weighted by Crippen LogP contribution is 2.36. The minimum Gasteiger partial charge on any atom is -0.497 e. The molecule has 3 N–H and O–H groups in total. The highest BCUT2D eigenvalue weighted by Gasteiger charge is 2.20. The monoisotopic (exact) mass is 396 g/mol. The molecule has 20 heavy (non-hydrogen) atoms. The summed E-state index contributed by atoms with van der Waals surface area (Å²) in [5.41, 5.74) is 6.31. The van der Waals surface area contributed by atoms with Crippen molar-refractivity contribution >= 4 is 60.3 Å². The topological polar surface area (TPSA) is 81.4 Å². The number of sulfonamides is 1. The van der Waals surface area contributed by atoms with Crippen LogP contribution in [0.2, 0.25) is 5.02 Å². The van der Waals surface area contributed by atoms with Crippen LogP contribution in [0.4, 0.5) is 11.4 Å². The summed E-state index contributed by atoms with van der Waals surface area (Å²) in [6, 6.07) is 6.09. The van der Waals surface area contributed by atoms with Crippen LogP contribution in [-0.4, -0.2) is 15.5 Å². The molecule has 108 valence electrons. The molecule has 0 unspecified atom stereocenters. The van der Waals surface area contributed by atoms with Crippen molar-refractivity contribution in [2.24, 2.45) is 0 Å². The number of nitrogen functional groups attached to an aromatic ring is 1. The average molecular weight is 398 g/mol. The molecule has 0 amide bonds. The van der Waals surface area contributed by atoms with E-state index in [1.807, 2.05) is 0 Å². The summed E-state index contributed by atoms with van der Waals surface area (Å²) in [6.07, 6.45) is 0. The molecule has 2 rings (SSSR count). The van der Waals surface area contributed by atoms with Gasteiger partial charge in [-0.2, -0.15) is 0 Å². The van der Waals surface area contributed by atoms with E-state index in [0.717, 1.165) is 11.3 Å². The van der Waals surface area contributed by atoms with Gasteiger partial charge < -0.3 is 10.5 Å². The van der Waals surface area contributed by atoms with Gasteiger partial charge in [-0.15, -0.1) is 11.3 Å². The van der Waals surface area contributed by atoms with E-state index in [1.54, 1.807) is 12.1 Å². The third kappa shape index (κ3) is 3.20. The van der Waals surface area contributed by atoms with Crippen LogP contribution in [0, 0.1) is 0 Å². The summed E-state index contributed by atoms with van der Waals surface area (Å²) < 4.78 is 32.6. The molecule has 0 bridgehead atoms. The summed E-state index contributed by atoms with van der Waals surface area (Å²) in [5, 5.41) is 0.342. The molecule has 0 saturated carbocycles. The van der Waals surface area contributed by atoms with Crippen LogP contribution in [-0.2, 0) is 10.0 Å². The smallest absolute Gasteiger partial charge is 0.271 e. The summed E-state index contributed by atoms with van der Waals surface area (Å²) in [4.78, 5) is 0. The van der Waals surface area contributed by atoms with E-state index >= 15 is 0 Å². The van der Waals surface area contributed by atoms with Crippen LogP contribution >= 0.6 is 38.9 Å². The fourth-order valence-corrected chi connectivity index (χ4v) is 4.88. The van der Waals surface area contributed by atoms with E-state index in [2.05, 4.69) is 20.7 Å². The van der Waals surface area contributed by atoms with Crippen molar-refractivity contribution in [1.29, 1.82) is 0 Å². The molecule has 0 aliphatic carbocycles. The summed E-state index contributed by atoms with van der Waals surface area (Å²) in [5.74, 6) is 0.502. The van der Waals surface area contributed by atoms with Gasteiger partial charge >= 0.3 is 0 Å². The maximum atomic E-state index is 12.2. The lowest BCUT2D eigenvalue weighted by molar-refractivity contribution is 0.415. The Kier molecular flexibility index (Phi) is 4.48. The van der Waals surface area contributed by atoms with Gasteiger partial charge in [-0.1, -0.05) is 11.6 Å². The predicted molar refractivity (Wildman–Crippen MR) is 85.2 cm³/mol. The number of nitrogens with one attached hydrogen (secondary N) is 1. The van der Waals surface area contributed by atoms with Crippen LogP contribution in [0.5, 0.6) is 5.75 Å². The van der Waals surface area contributed by atoms with Crippen molar-refractivity contribution in [2.75, 3.05) is 17.6 Å². The predicted octanol–water partition coefficient (Wildman–Crippen LogP) is 3.56. The van der Waals surface area contributed by atoms with E-state index in [4.69, 9.17) is 22.1 Å². The Labute approximate surface area is 133 Å². The molecule has 0 radical (unpaired) electrons. The number of hydrogen-bond acceptors (Lipinski definition) is 5. The third-order valence-corrected chi connectivity index (χ3v) is 6.71. The van der Waals surface area contributed by atoms with Crippen molar-refractivity contribution in [3.05, 3.63) is 33.1 Å². The van der Waals surface area contributed by atoms with Crippen molar-refractivity contribution < 1.29 is 13.2 Å². The number of halogens is 2. The lowest BCUT2D eigenvalue weighted by Crippen LogP contribution is -2.12. The van der Waals surface area contributed by atoms with Crippen molar-refractivity contribution in [2.45, 2.75) is 4.21 Å². The number of anilines is 2. The van der Waals surface area contributed by atoms with Crippen LogP contribution in [0.25, 0.3) is 0 Å². The Morgan fingerprint density at radius 1 is 1.40 bits per heavy atom. The fourth-order valence-electron chi connectivity index (χ4n) is 1.40. The Bertz CT molecular complexity index is 727. The van der Waals surface area contributed by atoms with Gasteiger partial charge in [0.05, 0.1) is 27.3 Å². The standard InChI is InChI=1S/C11H10BrClN2O3S2/c1-18-6-2-3-8(14)9(4-6)15-20(16,17)10-5-7(13)11(12)19-10/h2-5,15H,14H2,1H3. The zero-order chi connectivity index (χ0) is 14.9. The normalized spacial score (nSPS) is 11.3. The molecule has 2 aromatic rings. The molecule has 0 aliphatic heterocycles. The second-order valence-electron chi connectivity index (χ2n) is 3.75. The molecule has 5 nitrogen and oxygen atoms in total. The van der Waals surface area contributed by atoms with Crippen LogP contribution in [0.3, 0.4) is 0 Å².